The molecule has 5 nitrogen and oxygen atoms in total. The van der Waals surface area contributed by atoms with Gasteiger partial charge in [-0.1, -0.05) is 54.6 Å². The fraction of sp³-hybridized carbons (Fsp3) is 0.0870. The molecule has 150 valence electrons. The molecule has 7 heteroatoms. The van der Waals surface area contributed by atoms with Crippen LogP contribution in [0.15, 0.2) is 72.1 Å². The van der Waals surface area contributed by atoms with E-state index in [4.69, 9.17) is 17.0 Å². The van der Waals surface area contributed by atoms with Gasteiger partial charge in [0.2, 0.25) is 0 Å². The third kappa shape index (κ3) is 4.82. The number of amides is 1. The Hall–Kier alpha value is -3.29. The van der Waals surface area contributed by atoms with E-state index in [0.29, 0.717) is 10.9 Å². The predicted octanol–water partition coefficient (Wildman–Crippen LogP) is 5.16. The molecule has 0 aliphatic rings. The summed E-state index contributed by atoms with van der Waals surface area (Å²) < 4.78 is 5.49. The number of rotatable bonds is 5. The highest BCUT2D eigenvalue weighted by molar-refractivity contribution is 7.80. The lowest BCUT2D eigenvalue weighted by Crippen LogP contribution is -2.37. The minimum atomic E-state index is -0.333. The Kier molecular flexibility index (Phi) is 6.02. The Balaban J connectivity index is 1.36. The van der Waals surface area contributed by atoms with Crippen LogP contribution in [0.4, 0.5) is 5.13 Å². The molecule has 2 N–H and O–H groups in total. The number of aryl methyl sites for hydroxylation is 1. The lowest BCUT2D eigenvalue weighted by Gasteiger charge is -2.09. The summed E-state index contributed by atoms with van der Waals surface area (Å²) in [4.78, 5) is 16.7. The number of aromatic nitrogens is 1. The van der Waals surface area contributed by atoms with Gasteiger partial charge in [0, 0.05) is 10.9 Å². The van der Waals surface area contributed by atoms with Crippen molar-refractivity contribution in [3.63, 3.8) is 0 Å². The van der Waals surface area contributed by atoms with Gasteiger partial charge in [-0.2, -0.15) is 0 Å². The number of fused-ring (bicyclic) bond motifs is 1. The van der Waals surface area contributed by atoms with Crippen molar-refractivity contribution in [3.8, 4) is 17.0 Å². The smallest absolute Gasteiger partial charge is 0.264 e. The quantitative estimate of drug-likeness (QED) is 0.426. The molecule has 1 heterocycles. The number of ether oxygens (including phenoxy) is 1. The minimum Gasteiger partial charge on any atom is -0.484 e. The summed E-state index contributed by atoms with van der Waals surface area (Å²) in [6.07, 6.45) is 0. The van der Waals surface area contributed by atoms with E-state index in [1.165, 1.54) is 11.3 Å². The summed E-state index contributed by atoms with van der Waals surface area (Å²) in [6.45, 7) is 1.84. The van der Waals surface area contributed by atoms with E-state index < -0.39 is 0 Å². The molecule has 0 saturated heterocycles. The topological polar surface area (TPSA) is 63.2 Å². The number of carbonyl (C=O) groups is 1. The molecule has 3 aromatic carbocycles. The Morgan fingerprint density at radius 2 is 1.90 bits per heavy atom. The molecule has 4 rings (SSSR count). The number of nitrogens with zero attached hydrogens (tertiary/aromatic N) is 1. The first-order chi connectivity index (χ1) is 14.6. The van der Waals surface area contributed by atoms with Crippen molar-refractivity contribution in [1.82, 2.24) is 10.3 Å². The van der Waals surface area contributed by atoms with Crippen LogP contribution in [0.25, 0.3) is 22.0 Å². The Bertz CT molecular complexity index is 1210. The average molecular weight is 434 g/mol. The van der Waals surface area contributed by atoms with Crippen molar-refractivity contribution in [2.24, 2.45) is 0 Å². The van der Waals surface area contributed by atoms with Crippen LogP contribution in [-0.4, -0.2) is 22.6 Å². The van der Waals surface area contributed by atoms with E-state index in [0.717, 1.165) is 27.6 Å². The van der Waals surface area contributed by atoms with Gasteiger partial charge in [-0.05, 0) is 47.6 Å². The van der Waals surface area contributed by atoms with Crippen molar-refractivity contribution in [1.29, 1.82) is 0 Å². The van der Waals surface area contributed by atoms with Gasteiger partial charge >= 0.3 is 0 Å². The summed E-state index contributed by atoms with van der Waals surface area (Å²) >= 11 is 6.66. The summed E-state index contributed by atoms with van der Waals surface area (Å²) in [5, 5.41) is 10.7. The zero-order chi connectivity index (χ0) is 20.9. The molecule has 0 aliphatic carbocycles. The van der Waals surface area contributed by atoms with Gasteiger partial charge in [0.25, 0.3) is 5.91 Å². The molecule has 1 aromatic heterocycles. The third-order valence-electron chi connectivity index (χ3n) is 4.40. The maximum Gasteiger partial charge on any atom is 0.264 e. The van der Waals surface area contributed by atoms with Crippen LogP contribution in [-0.2, 0) is 4.79 Å². The molecule has 30 heavy (non-hydrogen) atoms. The number of thiazole rings is 1. The van der Waals surface area contributed by atoms with E-state index in [9.17, 15) is 4.79 Å². The number of hydrogen-bond donors (Lipinski definition) is 2. The van der Waals surface area contributed by atoms with Crippen LogP contribution in [0.1, 0.15) is 5.56 Å². The van der Waals surface area contributed by atoms with E-state index in [2.05, 4.69) is 33.8 Å². The van der Waals surface area contributed by atoms with Crippen LogP contribution < -0.4 is 15.4 Å². The summed E-state index contributed by atoms with van der Waals surface area (Å²) in [5.74, 6) is 0.309. The maximum absolute atomic E-state index is 12.1. The van der Waals surface area contributed by atoms with E-state index in [1.54, 1.807) is 6.07 Å². The Morgan fingerprint density at radius 3 is 2.77 bits per heavy atom. The normalized spacial score (nSPS) is 10.6. The summed E-state index contributed by atoms with van der Waals surface area (Å²) in [7, 11) is 0. The lowest BCUT2D eigenvalue weighted by molar-refractivity contribution is -0.121. The second-order valence-electron chi connectivity index (χ2n) is 6.67. The molecule has 0 spiro atoms. The van der Waals surface area contributed by atoms with E-state index in [1.807, 2.05) is 54.8 Å². The van der Waals surface area contributed by atoms with Crippen LogP contribution in [0.3, 0.4) is 0 Å². The number of thiocarbonyl (C=S) groups is 1. The van der Waals surface area contributed by atoms with Gasteiger partial charge in [-0.15, -0.1) is 11.3 Å². The first-order valence-electron chi connectivity index (χ1n) is 9.32. The minimum absolute atomic E-state index is 0.121. The molecule has 0 unspecified atom stereocenters. The first-order valence-corrected chi connectivity index (χ1v) is 10.6. The number of hydrogen-bond acceptors (Lipinski definition) is 5. The highest BCUT2D eigenvalue weighted by Crippen LogP contribution is 2.30. The van der Waals surface area contributed by atoms with Crippen LogP contribution in [0.2, 0.25) is 0 Å². The maximum atomic E-state index is 12.1. The molecule has 4 aromatic rings. The van der Waals surface area contributed by atoms with Gasteiger partial charge in [0.05, 0.1) is 5.69 Å². The zero-order valence-corrected chi connectivity index (χ0v) is 17.8. The molecule has 0 atom stereocenters. The van der Waals surface area contributed by atoms with Crippen LogP contribution >= 0.6 is 23.6 Å². The van der Waals surface area contributed by atoms with Gasteiger partial charge in [0.15, 0.2) is 16.9 Å². The predicted molar refractivity (Wildman–Crippen MR) is 126 cm³/mol. The fourth-order valence-corrected chi connectivity index (χ4v) is 4.04. The molecular formula is C23H19N3O2S2. The van der Waals surface area contributed by atoms with Crippen molar-refractivity contribution in [2.45, 2.75) is 6.92 Å². The standard InChI is InChI=1S/C23H19N3O2S2/c1-15-6-4-9-17(12-15)28-13-21(27)25-22(29)26-23-24-20(14-30-23)19-11-5-8-16-7-2-3-10-18(16)19/h2-12,14H,13H2,1H3,(H2,24,25,26,27,29). The van der Waals surface area contributed by atoms with Crippen LogP contribution in [0.5, 0.6) is 5.75 Å². The van der Waals surface area contributed by atoms with Crippen molar-refractivity contribution < 1.29 is 9.53 Å². The molecule has 0 saturated carbocycles. The highest BCUT2D eigenvalue weighted by Gasteiger charge is 2.11. The third-order valence-corrected chi connectivity index (χ3v) is 5.36. The lowest BCUT2D eigenvalue weighted by atomic mass is 10.0. The first kappa shape index (κ1) is 20.0. The monoisotopic (exact) mass is 433 g/mol. The SMILES string of the molecule is Cc1cccc(OCC(=O)NC(=S)Nc2nc(-c3cccc4ccccc34)cs2)c1. The van der Waals surface area contributed by atoms with Gasteiger partial charge in [-0.3, -0.25) is 10.1 Å². The van der Waals surface area contributed by atoms with Crippen molar-refractivity contribution in [3.05, 3.63) is 77.7 Å². The second kappa shape index (κ2) is 9.02. The molecule has 1 amide bonds. The molecule has 0 fully saturated rings. The Labute approximate surface area is 183 Å². The number of anilines is 1. The van der Waals surface area contributed by atoms with E-state index in [-0.39, 0.29) is 17.6 Å². The average Bonchev–Trinajstić information content (AvgIpc) is 3.20. The zero-order valence-electron chi connectivity index (χ0n) is 16.2. The Morgan fingerprint density at radius 1 is 1.10 bits per heavy atom. The fourth-order valence-electron chi connectivity index (χ4n) is 3.05. The second-order valence-corrected chi connectivity index (χ2v) is 7.94. The summed E-state index contributed by atoms with van der Waals surface area (Å²) in [6, 6.07) is 21.8. The number of nitrogens with one attached hydrogen (secondary N) is 2. The number of carbonyl (C=O) groups excluding carboxylic acids is 1. The van der Waals surface area contributed by atoms with E-state index >= 15 is 0 Å². The van der Waals surface area contributed by atoms with Crippen LogP contribution in [0, 0.1) is 6.92 Å². The molecular weight excluding hydrogens is 414 g/mol. The van der Waals surface area contributed by atoms with Crippen molar-refractivity contribution in [2.75, 3.05) is 11.9 Å². The van der Waals surface area contributed by atoms with Gasteiger partial charge in [0.1, 0.15) is 5.75 Å². The molecule has 0 aliphatic heterocycles. The molecule has 0 bridgehead atoms. The highest BCUT2D eigenvalue weighted by atomic mass is 32.1. The van der Waals surface area contributed by atoms with Gasteiger partial charge in [-0.25, -0.2) is 4.98 Å². The molecule has 0 radical (unpaired) electrons. The number of benzene rings is 3. The largest absolute Gasteiger partial charge is 0.484 e. The van der Waals surface area contributed by atoms with Crippen molar-refractivity contribution >= 4 is 50.5 Å². The van der Waals surface area contributed by atoms with Gasteiger partial charge < -0.3 is 10.1 Å². The summed E-state index contributed by atoms with van der Waals surface area (Å²) in [5.41, 5.74) is 2.98.